The van der Waals surface area contributed by atoms with Crippen LogP contribution in [-0.4, -0.2) is 29.3 Å². The quantitative estimate of drug-likeness (QED) is 0.339. The van der Waals surface area contributed by atoms with Crippen LogP contribution in [0.25, 0.3) is 11.1 Å². The molecule has 1 fully saturated rings. The molecular weight excluding hydrogens is 434 g/mol. The van der Waals surface area contributed by atoms with E-state index < -0.39 is 12.1 Å². The highest BCUT2D eigenvalue weighted by Crippen LogP contribution is 2.37. The topological polar surface area (TPSA) is 69.6 Å². The predicted octanol–water partition coefficient (Wildman–Crippen LogP) is 6.00. The van der Waals surface area contributed by atoms with E-state index in [0.29, 0.717) is 18.0 Å². The third-order valence-corrected chi connectivity index (χ3v) is 6.48. The molecule has 4 nitrogen and oxygen atoms in total. The maximum atomic E-state index is 11.7. The highest BCUT2D eigenvalue weighted by atomic mass is 35.5. The number of aromatic carboxylic acids is 1. The van der Waals surface area contributed by atoms with Gasteiger partial charge in [0.05, 0.1) is 11.7 Å². The zero-order valence-electron chi connectivity index (χ0n) is 18.7. The van der Waals surface area contributed by atoms with Crippen molar-refractivity contribution in [3.8, 4) is 11.1 Å². The molecule has 3 aromatic rings. The van der Waals surface area contributed by atoms with E-state index in [4.69, 9.17) is 0 Å². The number of aliphatic hydroxyl groups is 1. The van der Waals surface area contributed by atoms with E-state index in [1.165, 1.54) is 18.4 Å². The van der Waals surface area contributed by atoms with E-state index in [0.717, 1.165) is 48.1 Å². The van der Waals surface area contributed by atoms with Gasteiger partial charge in [-0.05, 0) is 65.6 Å². The largest absolute Gasteiger partial charge is 0.478 e. The summed E-state index contributed by atoms with van der Waals surface area (Å²) < 4.78 is 0. The summed E-state index contributed by atoms with van der Waals surface area (Å²) in [7, 11) is 0. The second-order valence-corrected chi connectivity index (χ2v) is 8.67. The summed E-state index contributed by atoms with van der Waals surface area (Å²) in [5, 5.41) is 23.2. The molecule has 33 heavy (non-hydrogen) atoms. The third kappa shape index (κ3) is 6.44. The third-order valence-electron chi connectivity index (χ3n) is 6.48. The number of carboxylic acids is 1. The molecular formula is C28H32ClNO3. The second-order valence-electron chi connectivity index (χ2n) is 8.67. The summed E-state index contributed by atoms with van der Waals surface area (Å²) in [5.41, 5.74) is 5.77. The number of halogens is 1. The number of benzene rings is 3. The van der Waals surface area contributed by atoms with E-state index in [2.05, 4.69) is 35.6 Å². The van der Waals surface area contributed by atoms with Gasteiger partial charge in [0.15, 0.2) is 0 Å². The monoisotopic (exact) mass is 465 g/mol. The maximum absolute atomic E-state index is 11.7. The summed E-state index contributed by atoms with van der Waals surface area (Å²) >= 11 is 0. The molecule has 0 amide bonds. The minimum absolute atomic E-state index is 0. The summed E-state index contributed by atoms with van der Waals surface area (Å²) in [5.74, 6) is -0.476. The van der Waals surface area contributed by atoms with Crippen molar-refractivity contribution in [2.45, 2.75) is 44.1 Å². The van der Waals surface area contributed by atoms with E-state index in [9.17, 15) is 15.0 Å². The van der Waals surface area contributed by atoms with E-state index >= 15 is 0 Å². The van der Waals surface area contributed by atoms with Crippen LogP contribution in [0.5, 0.6) is 0 Å². The van der Waals surface area contributed by atoms with Gasteiger partial charge in [0.25, 0.3) is 0 Å². The SMILES string of the molecule is Cl.O=C(O)c1ccc(-c2ccc(CCNC[C@@H](O)c3ccccc3)cc2)cc1C1CCCC1. The molecule has 0 heterocycles. The molecule has 0 saturated heterocycles. The Labute approximate surface area is 202 Å². The molecule has 0 unspecified atom stereocenters. The zero-order valence-corrected chi connectivity index (χ0v) is 19.6. The van der Waals surface area contributed by atoms with Gasteiger partial charge in [-0.2, -0.15) is 0 Å². The Morgan fingerprint density at radius 2 is 1.61 bits per heavy atom. The number of rotatable bonds is 9. The molecule has 1 aliphatic carbocycles. The Kier molecular flexibility index (Phi) is 9.07. The minimum Gasteiger partial charge on any atom is -0.478 e. The fourth-order valence-electron chi connectivity index (χ4n) is 4.64. The van der Waals surface area contributed by atoms with Crippen LogP contribution in [0.3, 0.4) is 0 Å². The summed E-state index contributed by atoms with van der Waals surface area (Å²) in [6, 6.07) is 24.0. The predicted molar refractivity (Wildman–Crippen MR) is 135 cm³/mol. The van der Waals surface area contributed by atoms with Gasteiger partial charge in [0.2, 0.25) is 0 Å². The molecule has 4 rings (SSSR count). The highest BCUT2D eigenvalue weighted by molar-refractivity contribution is 5.90. The lowest BCUT2D eigenvalue weighted by atomic mass is 9.89. The molecule has 0 aromatic heterocycles. The van der Waals surface area contributed by atoms with Gasteiger partial charge >= 0.3 is 5.97 Å². The lowest BCUT2D eigenvalue weighted by molar-refractivity contribution is 0.0695. The normalized spacial score (nSPS) is 14.6. The first kappa shape index (κ1) is 25.0. The molecule has 0 radical (unpaired) electrons. The molecule has 174 valence electrons. The molecule has 0 spiro atoms. The van der Waals surface area contributed by atoms with E-state index in [-0.39, 0.29) is 12.4 Å². The Morgan fingerprint density at radius 3 is 2.27 bits per heavy atom. The average Bonchev–Trinajstić information content (AvgIpc) is 3.37. The highest BCUT2D eigenvalue weighted by Gasteiger charge is 2.23. The zero-order chi connectivity index (χ0) is 22.3. The van der Waals surface area contributed by atoms with Gasteiger partial charge < -0.3 is 15.5 Å². The average molecular weight is 466 g/mol. The van der Waals surface area contributed by atoms with Crippen LogP contribution in [-0.2, 0) is 6.42 Å². The van der Waals surface area contributed by atoms with Crippen LogP contribution in [0.15, 0.2) is 72.8 Å². The van der Waals surface area contributed by atoms with Crippen LogP contribution in [0, 0.1) is 0 Å². The Balaban J connectivity index is 0.00000306. The molecule has 5 heteroatoms. The fraction of sp³-hybridized carbons (Fsp3) is 0.321. The van der Waals surface area contributed by atoms with Crippen molar-refractivity contribution in [3.63, 3.8) is 0 Å². The lowest BCUT2D eigenvalue weighted by Crippen LogP contribution is -2.23. The van der Waals surface area contributed by atoms with Gasteiger partial charge in [-0.25, -0.2) is 4.79 Å². The second kappa shape index (κ2) is 12.0. The molecule has 0 aliphatic heterocycles. The summed E-state index contributed by atoms with van der Waals surface area (Å²) in [6.45, 7) is 1.32. The Morgan fingerprint density at radius 1 is 0.939 bits per heavy atom. The first-order valence-electron chi connectivity index (χ1n) is 11.5. The molecule has 1 aliphatic rings. The van der Waals surface area contributed by atoms with Crippen molar-refractivity contribution in [2.24, 2.45) is 0 Å². The number of aliphatic hydroxyl groups excluding tert-OH is 1. The number of hydrogen-bond acceptors (Lipinski definition) is 3. The van der Waals surface area contributed by atoms with Crippen LogP contribution < -0.4 is 5.32 Å². The van der Waals surface area contributed by atoms with Crippen LogP contribution in [0.2, 0.25) is 0 Å². The van der Waals surface area contributed by atoms with Crippen molar-refractivity contribution in [1.82, 2.24) is 5.32 Å². The minimum atomic E-state index is -0.835. The first-order valence-corrected chi connectivity index (χ1v) is 11.5. The number of nitrogens with one attached hydrogen (secondary N) is 1. The van der Waals surface area contributed by atoms with Crippen molar-refractivity contribution in [2.75, 3.05) is 13.1 Å². The van der Waals surface area contributed by atoms with E-state index in [1.54, 1.807) is 6.07 Å². The summed E-state index contributed by atoms with van der Waals surface area (Å²) in [4.78, 5) is 11.7. The van der Waals surface area contributed by atoms with Crippen LogP contribution in [0.4, 0.5) is 0 Å². The molecule has 1 saturated carbocycles. The van der Waals surface area contributed by atoms with Crippen molar-refractivity contribution >= 4 is 18.4 Å². The Hall–Kier alpha value is -2.66. The standard InChI is InChI=1S/C28H31NO3.ClH/c30-27(23-8-2-1-3-9-23)19-29-17-16-20-10-12-21(13-11-20)24-14-15-25(28(31)32)26(18-24)22-6-4-5-7-22;/h1-3,8-15,18,22,27,29-30H,4-7,16-17,19H2,(H,31,32);1H/t27-;/m1./s1. The lowest BCUT2D eigenvalue weighted by Gasteiger charge is -2.15. The molecule has 1 atom stereocenters. The molecule has 3 N–H and O–H groups in total. The maximum Gasteiger partial charge on any atom is 0.335 e. The van der Waals surface area contributed by atoms with Gasteiger partial charge in [0, 0.05) is 6.54 Å². The first-order chi connectivity index (χ1) is 15.6. The van der Waals surface area contributed by atoms with E-state index in [1.807, 2.05) is 36.4 Å². The van der Waals surface area contributed by atoms with Gasteiger partial charge in [-0.1, -0.05) is 79.6 Å². The fourth-order valence-corrected chi connectivity index (χ4v) is 4.64. The number of carboxylic acid groups (broad SMARTS) is 1. The van der Waals surface area contributed by atoms with Crippen LogP contribution >= 0.6 is 12.4 Å². The van der Waals surface area contributed by atoms with Crippen molar-refractivity contribution in [3.05, 3.63) is 95.1 Å². The summed E-state index contributed by atoms with van der Waals surface area (Å²) in [6.07, 6.45) is 4.90. The van der Waals surface area contributed by atoms with Crippen molar-refractivity contribution < 1.29 is 15.0 Å². The Bertz CT molecular complexity index is 1030. The van der Waals surface area contributed by atoms with Crippen molar-refractivity contribution in [1.29, 1.82) is 0 Å². The number of carbonyl (C=O) groups is 1. The smallest absolute Gasteiger partial charge is 0.335 e. The van der Waals surface area contributed by atoms with Crippen LogP contribution in [0.1, 0.15) is 64.8 Å². The van der Waals surface area contributed by atoms with Gasteiger partial charge in [0.1, 0.15) is 0 Å². The molecule has 3 aromatic carbocycles. The van der Waals surface area contributed by atoms with Gasteiger partial charge in [-0.15, -0.1) is 12.4 Å². The van der Waals surface area contributed by atoms with Gasteiger partial charge in [-0.3, -0.25) is 0 Å². The number of hydrogen-bond donors (Lipinski definition) is 3. The molecule has 0 bridgehead atoms.